The van der Waals surface area contributed by atoms with Gasteiger partial charge in [-0.2, -0.15) is 0 Å². The lowest BCUT2D eigenvalue weighted by Crippen LogP contribution is -2.45. The molecular formula is C13H17N3O. The number of amides is 2. The molecule has 1 saturated heterocycles. The summed E-state index contributed by atoms with van der Waals surface area (Å²) in [4.78, 5) is 13.8. The quantitative estimate of drug-likeness (QED) is 0.815. The Morgan fingerprint density at radius 1 is 1.35 bits per heavy atom. The molecule has 1 unspecified atom stereocenters. The van der Waals surface area contributed by atoms with Crippen LogP contribution in [-0.2, 0) is 6.54 Å². The van der Waals surface area contributed by atoms with Gasteiger partial charge in [0, 0.05) is 24.8 Å². The average Bonchev–Trinajstić information content (AvgIpc) is 2.83. The maximum absolute atomic E-state index is 11.9. The molecule has 2 amide bonds. The van der Waals surface area contributed by atoms with Gasteiger partial charge in [-0.3, -0.25) is 0 Å². The molecule has 1 fully saturated rings. The van der Waals surface area contributed by atoms with Crippen molar-refractivity contribution in [2.24, 2.45) is 0 Å². The SMILES string of the molecule is O=C1Nc2ccccc2CN1CC1CCCN1. The van der Waals surface area contributed by atoms with Gasteiger partial charge in [0.25, 0.3) is 0 Å². The van der Waals surface area contributed by atoms with Gasteiger partial charge in [-0.1, -0.05) is 18.2 Å². The molecule has 0 spiro atoms. The van der Waals surface area contributed by atoms with Crippen molar-refractivity contribution < 1.29 is 4.79 Å². The highest BCUT2D eigenvalue weighted by Crippen LogP contribution is 2.23. The van der Waals surface area contributed by atoms with E-state index in [9.17, 15) is 4.79 Å². The summed E-state index contributed by atoms with van der Waals surface area (Å²) >= 11 is 0. The molecule has 2 heterocycles. The molecule has 3 rings (SSSR count). The first-order valence-electron chi connectivity index (χ1n) is 6.20. The minimum Gasteiger partial charge on any atom is -0.319 e. The summed E-state index contributed by atoms with van der Waals surface area (Å²) in [7, 11) is 0. The molecule has 0 aromatic heterocycles. The van der Waals surface area contributed by atoms with E-state index in [1.807, 2.05) is 23.1 Å². The number of hydrogen-bond acceptors (Lipinski definition) is 2. The molecule has 0 aliphatic carbocycles. The normalized spacial score (nSPS) is 23.4. The first-order chi connectivity index (χ1) is 8.33. The van der Waals surface area contributed by atoms with Crippen molar-refractivity contribution in [1.29, 1.82) is 0 Å². The Balaban J connectivity index is 1.72. The molecule has 1 atom stereocenters. The molecule has 90 valence electrons. The van der Waals surface area contributed by atoms with E-state index in [-0.39, 0.29) is 6.03 Å². The summed E-state index contributed by atoms with van der Waals surface area (Å²) in [5.74, 6) is 0. The van der Waals surface area contributed by atoms with Crippen LogP contribution >= 0.6 is 0 Å². The fourth-order valence-corrected chi connectivity index (χ4v) is 2.58. The maximum atomic E-state index is 11.9. The largest absolute Gasteiger partial charge is 0.322 e. The number of hydrogen-bond donors (Lipinski definition) is 2. The fraction of sp³-hybridized carbons (Fsp3) is 0.462. The number of para-hydroxylation sites is 1. The number of fused-ring (bicyclic) bond motifs is 1. The van der Waals surface area contributed by atoms with Gasteiger partial charge in [0.05, 0.1) is 0 Å². The van der Waals surface area contributed by atoms with E-state index < -0.39 is 0 Å². The molecule has 2 aliphatic rings. The lowest BCUT2D eigenvalue weighted by molar-refractivity contribution is 0.201. The Kier molecular flexibility index (Phi) is 2.73. The van der Waals surface area contributed by atoms with Crippen LogP contribution in [0.5, 0.6) is 0 Å². The predicted octanol–water partition coefficient (Wildman–Crippen LogP) is 1.79. The van der Waals surface area contributed by atoms with E-state index in [2.05, 4.69) is 16.7 Å². The highest BCUT2D eigenvalue weighted by molar-refractivity contribution is 5.92. The van der Waals surface area contributed by atoms with E-state index in [0.717, 1.165) is 25.3 Å². The molecule has 1 aromatic rings. The molecule has 0 bridgehead atoms. The Hall–Kier alpha value is -1.55. The number of carbonyl (C=O) groups is 1. The highest BCUT2D eigenvalue weighted by atomic mass is 16.2. The average molecular weight is 231 g/mol. The van der Waals surface area contributed by atoms with Crippen LogP contribution in [0.2, 0.25) is 0 Å². The number of carbonyl (C=O) groups excluding carboxylic acids is 1. The minimum atomic E-state index is 0.0254. The van der Waals surface area contributed by atoms with Gasteiger partial charge in [-0.05, 0) is 31.0 Å². The second-order valence-corrected chi connectivity index (χ2v) is 4.76. The molecule has 1 aromatic carbocycles. The summed E-state index contributed by atoms with van der Waals surface area (Å²) in [5.41, 5.74) is 2.15. The van der Waals surface area contributed by atoms with Gasteiger partial charge in [0.1, 0.15) is 0 Å². The van der Waals surface area contributed by atoms with E-state index in [4.69, 9.17) is 0 Å². The van der Waals surface area contributed by atoms with Gasteiger partial charge in [-0.15, -0.1) is 0 Å². The molecule has 0 saturated carbocycles. The third-order valence-electron chi connectivity index (χ3n) is 3.51. The van der Waals surface area contributed by atoms with Crippen molar-refractivity contribution in [3.05, 3.63) is 29.8 Å². The summed E-state index contributed by atoms with van der Waals surface area (Å²) in [5, 5.41) is 6.37. The van der Waals surface area contributed by atoms with Crippen molar-refractivity contribution in [2.45, 2.75) is 25.4 Å². The second-order valence-electron chi connectivity index (χ2n) is 4.76. The van der Waals surface area contributed by atoms with Gasteiger partial charge < -0.3 is 15.5 Å². The first kappa shape index (κ1) is 10.6. The van der Waals surface area contributed by atoms with Crippen LogP contribution in [0.1, 0.15) is 18.4 Å². The maximum Gasteiger partial charge on any atom is 0.322 e. The minimum absolute atomic E-state index is 0.0254. The molecule has 4 nitrogen and oxygen atoms in total. The van der Waals surface area contributed by atoms with Crippen LogP contribution in [-0.4, -0.2) is 30.1 Å². The summed E-state index contributed by atoms with van der Waals surface area (Å²) < 4.78 is 0. The first-order valence-corrected chi connectivity index (χ1v) is 6.20. The number of nitrogens with one attached hydrogen (secondary N) is 2. The van der Waals surface area contributed by atoms with Crippen LogP contribution in [0.3, 0.4) is 0 Å². The van der Waals surface area contributed by atoms with Crippen LogP contribution in [0.4, 0.5) is 10.5 Å². The topological polar surface area (TPSA) is 44.4 Å². The standard InChI is InChI=1S/C13H17N3O/c17-13-15-12-6-2-1-4-10(12)8-16(13)9-11-5-3-7-14-11/h1-2,4,6,11,14H,3,5,7-9H2,(H,15,17). The molecule has 0 radical (unpaired) electrons. The van der Waals surface area contributed by atoms with Gasteiger partial charge in [0.2, 0.25) is 0 Å². The summed E-state index contributed by atoms with van der Waals surface area (Å²) in [6.07, 6.45) is 2.39. The van der Waals surface area contributed by atoms with E-state index in [0.29, 0.717) is 6.04 Å². The third-order valence-corrected chi connectivity index (χ3v) is 3.51. The van der Waals surface area contributed by atoms with Crippen molar-refractivity contribution >= 4 is 11.7 Å². The van der Waals surface area contributed by atoms with Crippen LogP contribution < -0.4 is 10.6 Å². The van der Waals surface area contributed by atoms with Crippen molar-refractivity contribution in [3.63, 3.8) is 0 Å². The molecule has 17 heavy (non-hydrogen) atoms. The molecule has 2 aliphatic heterocycles. The van der Waals surface area contributed by atoms with Crippen LogP contribution in [0.15, 0.2) is 24.3 Å². The monoisotopic (exact) mass is 231 g/mol. The number of nitrogens with zero attached hydrogens (tertiary/aromatic N) is 1. The number of urea groups is 1. The van der Waals surface area contributed by atoms with Crippen molar-refractivity contribution in [2.75, 3.05) is 18.4 Å². The summed E-state index contributed by atoms with van der Waals surface area (Å²) in [6, 6.07) is 8.49. The second kappa shape index (κ2) is 4.37. The zero-order valence-corrected chi connectivity index (χ0v) is 9.78. The van der Waals surface area contributed by atoms with Gasteiger partial charge in [-0.25, -0.2) is 4.79 Å². The smallest absolute Gasteiger partial charge is 0.319 e. The molecular weight excluding hydrogens is 214 g/mol. The number of benzene rings is 1. The Labute approximate surface area is 101 Å². The fourth-order valence-electron chi connectivity index (χ4n) is 2.58. The number of anilines is 1. The van der Waals surface area contributed by atoms with Crippen molar-refractivity contribution in [1.82, 2.24) is 10.2 Å². The van der Waals surface area contributed by atoms with Crippen LogP contribution in [0.25, 0.3) is 0 Å². The number of rotatable bonds is 2. The van der Waals surface area contributed by atoms with Crippen LogP contribution in [0, 0.1) is 0 Å². The molecule has 4 heteroatoms. The zero-order valence-electron chi connectivity index (χ0n) is 9.78. The third kappa shape index (κ3) is 2.13. The highest BCUT2D eigenvalue weighted by Gasteiger charge is 2.25. The van der Waals surface area contributed by atoms with E-state index >= 15 is 0 Å². The zero-order chi connectivity index (χ0) is 11.7. The Bertz CT molecular complexity index is 426. The molecule has 2 N–H and O–H groups in total. The van der Waals surface area contributed by atoms with Crippen molar-refractivity contribution in [3.8, 4) is 0 Å². The summed E-state index contributed by atoms with van der Waals surface area (Å²) in [6.45, 7) is 2.61. The van der Waals surface area contributed by atoms with E-state index in [1.54, 1.807) is 0 Å². The van der Waals surface area contributed by atoms with Gasteiger partial charge >= 0.3 is 6.03 Å². The lowest BCUT2D eigenvalue weighted by atomic mass is 10.1. The Morgan fingerprint density at radius 3 is 3.06 bits per heavy atom. The Morgan fingerprint density at radius 2 is 2.24 bits per heavy atom. The lowest BCUT2D eigenvalue weighted by Gasteiger charge is -2.31. The van der Waals surface area contributed by atoms with E-state index in [1.165, 1.54) is 18.4 Å². The predicted molar refractivity (Wildman–Crippen MR) is 66.9 cm³/mol. The van der Waals surface area contributed by atoms with Gasteiger partial charge in [0.15, 0.2) is 0 Å².